The topological polar surface area (TPSA) is 50.6 Å². The van der Waals surface area contributed by atoms with E-state index in [0.717, 1.165) is 5.82 Å². The van der Waals surface area contributed by atoms with Crippen molar-refractivity contribution in [2.45, 2.75) is 27.5 Å². The van der Waals surface area contributed by atoms with Gasteiger partial charge in [-0.25, -0.2) is 9.13 Å². The number of nitrogens with zero attached hydrogens (tertiary/aromatic N) is 3. The molecule has 0 fully saturated rings. The van der Waals surface area contributed by atoms with Gasteiger partial charge in [0.2, 0.25) is 0 Å². The average molecular weight is 226 g/mol. The summed E-state index contributed by atoms with van der Waals surface area (Å²) in [6, 6.07) is 0. The fourth-order valence-electron chi connectivity index (χ4n) is 1.31. The maximum atomic E-state index is 8.54. The second-order valence-corrected chi connectivity index (χ2v) is 5.02. The van der Waals surface area contributed by atoms with Gasteiger partial charge < -0.3 is 9.94 Å². The van der Waals surface area contributed by atoms with Gasteiger partial charge >= 0.3 is 5.82 Å². The van der Waals surface area contributed by atoms with Crippen molar-refractivity contribution in [1.29, 1.82) is 0 Å². The Morgan fingerprint density at radius 2 is 2.25 bits per heavy atom. The second-order valence-electron chi connectivity index (χ2n) is 5.02. The molecule has 0 saturated heterocycles. The Hall–Kier alpha value is -1.36. The SMILES string of the molecule is C[n+]1ccn(COCC(C)(C)C)c1/C=N\O. The first-order chi connectivity index (χ1) is 7.44. The third kappa shape index (κ3) is 3.66. The van der Waals surface area contributed by atoms with Crippen LogP contribution in [-0.2, 0) is 18.5 Å². The van der Waals surface area contributed by atoms with Gasteiger partial charge in [-0.15, -0.1) is 0 Å². The highest BCUT2D eigenvalue weighted by molar-refractivity contribution is 5.72. The zero-order valence-electron chi connectivity index (χ0n) is 10.3. The van der Waals surface area contributed by atoms with Crippen LogP contribution in [0.4, 0.5) is 0 Å². The number of hydrogen-bond acceptors (Lipinski definition) is 3. The molecule has 1 rings (SSSR count). The van der Waals surface area contributed by atoms with E-state index in [9.17, 15) is 0 Å². The Morgan fingerprint density at radius 3 is 2.81 bits per heavy atom. The summed E-state index contributed by atoms with van der Waals surface area (Å²) >= 11 is 0. The Labute approximate surface area is 96.0 Å². The summed E-state index contributed by atoms with van der Waals surface area (Å²) in [7, 11) is 1.89. The number of aromatic nitrogens is 2. The summed E-state index contributed by atoms with van der Waals surface area (Å²) in [6.45, 7) is 7.51. The highest BCUT2D eigenvalue weighted by atomic mass is 16.5. The lowest BCUT2D eigenvalue weighted by molar-refractivity contribution is -0.672. The molecule has 90 valence electrons. The van der Waals surface area contributed by atoms with Crippen LogP contribution in [0.5, 0.6) is 0 Å². The van der Waals surface area contributed by atoms with Crippen molar-refractivity contribution in [3.8, 4) is 0 Å². The third-order valence-corrected chi connectivity index (χ3v) is 2.06. The summed E-state index contributed by atoms with van der Waals surface area (Å²) in [5.74, 6) is 0.788. The summed E-state index contributed by atoms with van der Waals surface area (Å²) in [5.41, 5.74) is 0.153. The molecule has 0 aliphatic rings. The summed E-state index contributed by atoms with van der Waals surface area (Å²) in [6.07, 6.45) is 5.16. The van der Waals surface area contributed by atoms with Crippen molar-refractivity contribution in [1.82, 2.24) is 4.57 Å². The van der Waals surface area contributed by atoms with Gasteiger partial charge in [-0.1, -0.05) is 25.9 Å². The monoisotopic (exact) mass is 226 g/mol. The number of aryl methyl sites for hydroxylation is 1. The average Bonchev–Trinajstić information content (AvgIpc) is 2.48. The third-order valence-electron chi connectivity index (χ3n) is 2.06. The minimum absolute atomic E-state index is 0.153. The van der Waals surface area contributed by atoms with Crippen molar-refractivity contribution >= 4 is 6.21 Å². The van der Waals surface area contributed by atoms with Gasteiger partial charge in [-0.3, -0.25) is 0 Å². The number of ether oxygens (including phenoxy) is 1. The lowest BCUT2D eigenvalue weighted by Crippen LogP contribution is -2.32. The normalized spacial score (nSPS) is 12.5. The molecule has 0 aliphatic carbocycles. The first-order valence-electron chi connectivity index (χ1n) is 5.24. The zero-order valence-corrected chi connectivity index (χ0v) is 10.3. The predicted octanol–water partition coefficient (Wildman–Crippen LogP) is 1.14. The van der Waals surface area contributed by atoms with Crippen LogP contribution in [0.15, 0.2) is 17.5 Å². The molecule has 0 aliphatic heterocycles. The van der Waals surface area contributed by atoms with Crippen LogP contribution < -0.4 is 4.57 Å². The van der Waals surface area contributed by atoms with Crippen LogP contribution in [0.2, 0.25) is 0 Å². The van der Waals surface area contributed by atoms with Crippen LogP contribution in [0, 0.1) is 5.41 Å². The van der Waals surface area contributed by atoms with Gasteiger partial charge in [0.1, 0.15) is 12.4 Å². The largest absolute Gasteiger partial charge is 0.411 e. The molecule has 5 heteroatoms. The van der Waals surface area contributed by atoms with E-state index in [1.54, 1.807) is 0 Å². The lowest BCUT2D eigenvalue weighted by Gasteiger charge is -2.16. The highest BCUT2D eigenvalue weighted by Gasteiger charge is 2.14. The molecule has 1 N–H and O–H groups in total. The molecule has 1 aromatic rings. The molecule has 0 bridgehead atoms. The summed E-state index contributed by atoms with van der Waals surface area (Å²) < 4.78 is 9.33. The highest BCUT2D eigenvalue weighted by Crippen LogP contribution is 2.13. The van der Waals surface area contributed by atoms with Crippen LogP contribution >= 0.6 is 0 Å². The van der Waals surface area contributed by atoms with E-state index in [1.165, 1.54) is 6.21 Å². The van der Waals surface area contributed by atoms with E-state index >= 15 is 0 Å². The first kappa shape index (κ1) is 12.7. The van der Waals surface area contributed by atoms with Crippen LogP contribution in [-0.4, -0.2) is 22.6 Å². The van der Waals surface area contributed by atoms with E-state index in [1.807, 2.05) is 28.6 Å². The Bertz CT molecular complexity index is 364. The predicted molar refractivity (Wildman–Crippen MR) is 60.4 cm³/mol. The summed E-state index contributed by atoms with van der Waals surface area (Å²) in [4.78, 5) is 0. The minimum Gasteiger partial charge on any atom is -0.411 e. The van der Waals surface area contributed by atoms with Gasteiger partial charge in [-0.2, -0.15) is 0 Å². The molecule has 0 aromatic carbocycles. The summed E-state index contributed by atoms with van der Waals surface area (Å²) in [5, 5.41) is 11.6. The van der Waals surface area contributed by atoms with E-state index < -0.39 is 0 Å². The number of rotatable bonds is 4. The van der Waals surface area contributed by atoms with E-state index in [2.05, 4.69) is 25.9 Å². The molecule has 1 heterocycles. The molecule has 0 amide bonds. The lowest BCUT2D eigenvalue weighted by atomic mass is 9.99. The molecular formula is C11H20N3O2+. The van der Waals surface area contributed by atoms with E-state index in [4.69, 9.17) is 9.94 Å². The van der Waals surface area contributed by atoms with Crippen LogP contribution in [0.3, 0.4) is 0 Å². The molecular weight excluding hydrogens is 206 g/mol. The smallest absolute Gasteiger partial charge is 0.305 e. The van der Waals surface area contributed by atoms with E-state index in [0.29, 0.717) is 13.3 Å². The minimum atomic E-state index is 0.153. The molecule has 0 spiro atoms. The molecule has 0 unspecified atom stereocenters. The van der Waals surface area contributed by atoms with Crippen molar-refractivity contribution in [2.75, 3.05) is 6.61 Å². The molecule has 0 radical (unpaired) electrons. The Morgan fingerprint density at radius 1 is 1.56 bits per heavy atom. The molecule has 1 aromatic heterocycles. The molecule has 0 saturated carbocycles. The maximum absolute atomic E-state index is 8.54. The van der Waals surface area contributed by atoms with Crippen molar-refractivity contribution in [3.05, 3.63) is 18.2 Å². The second kappa shape index (κ2) is 5.12. The molecule has 16 heavy (non-hydrogen) atoms. The molecule has 0 atom stereocenters. The van der Waals surface area contributed by atoms with Crippen molar-refractivity contribution in [3.63, 3.8) is 0 Å². The van der Waals surface area contributed by atoms with Crippen molar-refractivity contribution in [2.24, 2.45) is 17.6 Å². The number of hydrogen-bond donors (Lipinski definition) is 1. The standard InChI is InChI=1S/C11H19N3O2/c1-11(2,3)8-16-9-14-6-5-13(4)10(14)7-12-15/h5-7H,8-9H2,1-4H3/p+1. The van der Waals surface area contributed by atoms with E-state index in [-0.39, 0.29) is 5.41 Å². The Balaban J connectivity index is 2.60. The quantitative estimate of drug-likeness (QED) is 0.362. The van der Waals surface area contributed by atoms with Crippen LogP contribution in [0.1, 0.15) is 26.6 Å². The number of oxime groups is 1. The maximum Gasteiger partial charge on any atom is 0.305 e. The van der Waals surface area contributed by atoms with Gasteiger partial charge in [0, 0.05) is 0 Å². The van der Waals surface area contributed by atoms with Gasteiger partial charge in [0.05, 0.1) is 13.7 Å². The fraction of sp³-hybridized carbons (Fsp3) is 0.636. The zero-order chi connectivity index (χ0) is 12.2. The molecule has 5 nitrogen and oxygen atoms in total. The van der Waals surface area contributed by atoms with Crippen molar-refractivity contribution < 1.29 is 14.5 Å². The fourth-order valence-corrected chi connectivity index (χ4v) is 1.31. The number of imidazole rings is 1. The van der Waals surface area contributed by atoms with Gasteiger partial charge in [-0.05, 0) is 5.41 Å². The van der Waals surface area contributed by atoms with Crippen LogP contribution in [0.25, 0.3) is 0 Å². The first-order valence-corrected chi connectivity index (χ1v) is 5.24. The van der Waals surface area contributed by atoms with Gasteiger partial charge in [0.15, 0.2) is 12.9 Å². The Kier molecular flexibility index (Phi) is 4.06. The van der Waals surface area contributed by atoms with Gasteiger partial charge in [0.25, 0.3) is 0 Å².